The molecule has 0 bridgehead atoms. The van der Waals surface area contributed by atoms with E-state index in [-0.39, 0.29) is 0 Å². The lowest BCUT2D eigenvalue weighted by Crippen LogP contribution is -2.04. The van der Waals surface area contributed by atoms with Crippen LogP contribution in [0.4, 0.5) is 5.69 Å². The minimum Gasteiger partial charge on any atom is -0.462 e. The van der Waals surface area contributed by atoms with E-state index in [0.29, 0.717) is 22.3 Å². The highest BCUT2D eigenvalue weighted by molar-refractivity contribution is 9.10. The van der Waals surface area contributed by atoms with E-state index >= 15 is 0 Å². The summed E-state index contributed by atoms with van der Waals surface area (Å²) in [6, 6.07) is 4.63. The topological polar surface area (TPSA) is 55.7 Å². The minimum absolute atomic E-state index is 0.324. The van der Waals surface area contributed by atoms with E-state index in [9.17, 15) is 9.59 Å². The molecule has 15 heavy (non-hydrogen) atoms. The normalized spacial score (nSPS) is 9.20. The molecule has 0 spiro atoms. The molecule has 0 unspecified atom stereocenters. The SMILES string of the molecule is CCOC(=O)c1ccc(N=C=O)c(Br)c1. The van der Waals surface area contributed by atoms with Gasteiger partial charge in [-0.15, -0.1) is 0 Å². The van der Waals surface area contributed by atoms with Gasteiger partial charge in [0.05, 0.1) is 17.9 Å². The van der Waals surface area contributed by atoms with E-state index < -0.39 is 5.97 Å². The van der Waals surface area contributed by atoms with Crippen LogP contribution < -0.4 is 0 Å². The minimum atomic E-state index is -0.403. The number of carbonyl (C=O) groups excluding carboxylic acids is 2. The Bertz CT molecular complexity index is 425. The molecule has 1 aromatic carbocycles. The third kappa shape index (κ3) is 3.01. The molecule has 0 saturated heterocycles. The predicted octanol–water partition coefficient (Wildman–Crippen LogP) is 2.59. The molecule has 0 aliphatic carbocycles. The van der Waals surface area contributed by atoms with E-state index in [1.807, 2.05) is 0 Å². The van der Waals surface area contributed by atoms with Crippen LogP contribution in [0.5, 0.6) is 0 Å². The van der Waals surface area contributed by atoms with Gasteiger partial charge in [0.1, 0.15) is 0 Å². The van der Waals surface area contributed by atoms with Crippen molar-refractivity contribution in [1.82, 2.24) is 0 Å². The zero-order chi connectivity index (χ0) is 11.3. The summed E-state index contributed by atoms with van der Waals surface area (Å²) >= 11 is 3.19. The average molecular weight is 270 g/mol. The summed E-state index contributed by atoms with van der Waals surface area (Å²) in [4.78, 5) is 24.8. The zero-order valence-electron chi connectivity index (χ0n) is 7.99. The van der Waals surface area contributed by atoms with Crippen LogP contribution in [0.1, 0.15) is 17.3 Å². The Kier molecular flexibility index (Phi) is 4.21. The highest BCUT2D eigenvalue weighted by Crippen LogP contribution is 2.26. The standard InChI is InChI=1S/C10H8BrNO3/c1-2-15-10(14)7-3-4-9(12-6-13)8(11)5-7/h3-5H,2H2,1H3. The number of hydrogen-bond donors (Lipinski definition) is 0. The number of esters is 1. The first-order valence-electron chi connectivity index (χ1n) is 4.23. The van der Waals surface area contributed by atoms with E-state index in [0.717, 1.165) is 0 Å². The van der Waals surface area contributed by atoms with Crippen LogP contribution >= 0.6 is 15.9 Å². The lowest BCUT2D eigenvalue weighted by atomic mass is 10.2. The monoisotopic (exact) mass is 269 g/mol. The summed E-state index contributed by atoms with van der Waals surface area (Å²) in [5, 5.41) is 0. The predicted molar refractivity (Wildman–Crippen MR) is 57.9 cm³/mol. The van der Waals surface area contributed by atoms with Gasteiger partial charge in [-0.25, -0.2) is 9.59 Å². The number of rotatable bonds is 3. The third-order valence-electron chi connectivity index (χ3n) is 1.62. The largest absolute Gasteiger partial charge is 0.462 e. The Hall–Kier alpha value is -1.45. The number of carbonyl (C=O) groups is 1. The van der Waals surface area contributed by atoms with Gasteiger partial charge in [0.2, 0.25) is 6.08 Å². The Labute approximate surface area is 95.1 Å². The van der Waals surface area contributed by atoms with Gasteiger partial charge in [0.25, 0.3) is 0 Å². The quantitative estimate of drug-likeness (QED) is 0.482. The van der Waals surface area contributed by atoms with Gasteiger partial charge in [-0.1, -0.05) is 0 Å². The Morgan fingerprint density at radius 2 is 2.33 bits per heavy atom. The molecule has 5 heteroatoms. The molecule has 0 amide bonds. The van der Waals surface area contributed by atoms with Crippen molar-refractivity contribution < 1.29 is 14.3 Å². The van der Waals surface area contributed by atoms with Gasteiger partial charge < -0.3 is 4.74 Å². The maximum absolute atomic E-state index is 11.3. The van der Waals surface area contributed by atoms with Crippen LogP contribution in [0.15, 0.2) is 27.7 Å². The summed E-state index contributed by atoms with van der Waals surface area (Å²) in [6.07, 6.45) is 1.43. The van der Waals surface area contributed by atoms with E-state index in [1.54, 1.807) is 25.1 Å². The van der Waals surface area contributed by atoms with Crippen LogP contribution in [0.25, 0.3) is 0 Å². The van der Waals surface area contributed by atoms with E-state index in [2.05, 4.69) is 20.9 Å². The molecule has 0 aliphatic heterocycles. The van der Waals surface area contributed by atoms with Crippen molar-refractivity contribution in [3.63, 3.8) is 0 Å². The van der Waals surface area contributed by atoms with Gasteiger partial charge in [0.15, 0.2) is 0 Å². The number of isocyanates is 1. The summed E-state index contributed by atoms with van der Waals surface area (Å²) < 4.78 is 5.37. The Balaban J connectivity index is 3.00. The molecule has 0 fully saturated rings. The second-order valence-electron chi connectivity index (χ2n) is 2.59. The fraction of sp³-hybridized carbons (Fsp3) is 0.200. The molecule has 0 N–H and O–H groups in total. The third-order valence-corrected chi connectivity index (χ3v) is 2.26. The number of halogens is 1. The van der Waals surface area contributed by atoms with Crippen molar-refractivity contribution in [2.45, 2.75) is 6.92 Å². The number of nitrogens with zero attached hydrogens (tertiary/aromatic N) is 1. The molecule has 1 aromatic rings. The Morgan fingerprint density at radius 3 is 2.87 bits per heavy atom. The van der Waals surface area contributed by atoms with Crippen molar-refractivity contribution in [2.75, 3.05) is 6.61 Å². The molecule has 1 rings (SSSR count). The Morgan fingerprint density at radius 1 is 1.60 bits per heavy atom. The summed E-state index contributed by atoms with van der Waals surface area (Å²) in [6.45, 7) is 2.06. The zero-order valence-corrected chi connectivity index (χ0v) is 9.58. The van der Waals surface area contributed by atoms with Crippen LogP contribution in [-0.2, 0) is 9.53 Å². The van der Waals surface area contributed by atoms with Crippen LogP contribution in [0, 0.1) is 0 Å². The molecule has 0 radical (unpaired) electrons. The number of aliphatic imine (C=N–C) groups is 1. The highest BCUT2D eigenvalue weighted by Gasteiger charge is 2.08. The van der Waals surface area contributed by atoms with Gasteiger partial charge >= 0.3 is 5.97 Å². The lowest BCUT2D eigenvalue weighted by molar-refractivity contribution is 0.0526. The molecule has 0 heterocycles. The molecule has 0 saturated carbocycles. The average Bonchev–Trinajstić information content (AvgIpc) is 2.21. The van der Waals surface area contributed by atoms with Crippen molar-refractivity contribution in [3.05, 3.63) is 28.2 Å². The smallest absolute Gasteiger partial charge is 0.338 e. The number of hydrogen-bond acceptors (Lipinski definition) is 4. The summed E-state index contributed by atoms with van der Waals surface area (Å²) in [5.41, 5.74) is 0.839. The number of ether oxygens (including phenoxy) is 1. The van der Waals surface area contributed by atoms with E-state index in [1.165, 1.54) is 6.08 Å². The van der Waals surface area contributed by atoms with Crippen molar-refractivity contribution in [1.29, 1.82) is 0 Å². The molecular weight excluding hydrogens is 262 g/mol. The van der Waals surface area contributed by atoms with E-state index in [4.69, 9.17) is 4.74 Å². The van der Waals surface area contributed by atoms with Crippen molar-refractivity contribution in [3.8, 4) is 0 Å². The van der Waals surface area contributed by atoms with Crippen LogP contribution in [0.3, 0.4) is 0 Å². The lowest BCUT2D eigenvalue weighted by Gasteiger charge is -2.02. The van der Waals surface area contributed by atoms with Gasteiger partial charge in [-0.05, 0) is 41.1 Å². The fourth-order valence-corrected chi connectivity index (χ4v) is 1.46. The van der Waals surface area contributed by atoms with Crippen LogP contribution in [0.2, 0.25) is 0 Å². The highest BCUT2D eigenvalue weighted by atomic mass is 79.9. The summed E-state index contributed by atoms with van der Waals surface area (Å²) in [7, 11) is 0. The molecule has 0 aliphatic rings. The first-order chi connectivity index (χ1) is 7.19. The van der Waals surface area contributed by atoms with Gasteiger partial charge in [-0.3, -0.25) is 0 Å². The maximum atomic E-state index is 11.3. The molecular formula is C10H8BrNO3. The van der Waals surface area contributed by atoms with Gasteiger partial charge in [0, 0.05) is 4.47 Å². The first kappa shape index (κ1) is 11.6. The van der Waals surface area contributed by atoms with Crippen molar-refractivity contribution >= 4 is 33.7 Å². The number of benzene rings is 1. The molecule has 0 aromatic heterocycles. The second-order valence-corrected chi connectivity index (χ2v) is 3.44. The fourth-order valence-electron chi connectivity index (χ4n) is 0.988. The molecule has 4 nitrogen and oxygen atoms in total. The second kappa shape index (κ2) is 5.44. The van der Waals surface area contributed by atoms with Gasteiger partial charge in [-0.2, -0.15) is 4.99 Å². The maximum Gasteiger partial charge on any atom is 0.338 e. The molecule has 78 valence electrons. The van der Waals surface area contributed by atoms with Crippen molar-refractivity contribution in [2.24, 2.45) is 4.99 Å². The summed E-state index contributed by atoms with van der Waals surface area (Å²) in [5.74, 6) is -0.403. The molecule has 0 atom stereocenters. The van der Waals surface area contributed by atoms with Crippen LogP contribution in [-0.4, -0.2) is 18.7 Å². The first-order valence-corrected chi connectivity index (χ1v) is 5.03.